The number of rotatable bonds is 2. The number of anilines is 1. The van der Waals surface area contributed by atoms with Gasteiger partial charge in [0.05, 0.1) is 30.0 Å². The Hall–Kier alpha value is -3.39. The van der Waals surface area contributed by atoms with Gasteiger partial charge in [-0.25, -0.2) is 4.90 Å². The lowest BCUT2D eigenvalue weighted by atomic mass is 10.0. The van der Waals surface area contributed by atoms with Crippen LogP contribution in [0.4, 0.5) is 5.69 Å². The lowest BCUT2D eigenvalue weighted by Crippen LogP contribution is -2.31. The molecule has 0 spiro atoms. The van der Waals surface area contributed by atoms with Crippen molar-refractivity contribution in [2.45, 2.75) is 6.92 Å². The molecule has 0 saturated carbocycles. The molecule has 1 heterocycles. The first-order valence-electron chi connectivity index (χ1n) is 7.31. The van der Waals surface area contributed by atoms with Crippen LogP contribution in [0, 0.1) is 11.3 Å². The van der Waals surface area contributed by atoms with Crippen LogP contribution in [0.3, 0.4) is 0 Å². The first kappa shape index (κ1) is 15.5. The number of nitrogens with zero attached hydrogens (tertiary/aromatic N) is 2. The lowest BCUT2D eigenvalue weighted by Gasteiger charge is -2.12. The van der Waals surface area contributed by atoms with Crippen molar-refractivity contribution in [3.05, 3.63) is 65.2 Å². The van der Waals surface area contributed by atoms with Gasteiger partial charge in [0.2, 0.25) is 5.91 Å². The third-order valence-corrected chi connectivity index (χ3v) is 3.83. The maximum atomic E-state index is 12.9. The number of methoxy groups -OCH3 is 1. The van der Waals surface area contributed by atoms with Crippen molar-refractivity contribution in [3.63, 3.8) is 0 Å². The quantitative estimate of drug-likeness (QED) is 0.630. The van der Waals surface area contributed by atoms with Crippen LogP contribution in [0.5, 0.6) is 0 Å². The van der Waals surface area contributed by atoms with E-state index in [0.717, 1.165) is 10.5 Å². The van der Waals surface area contributed by atoms with Crippen molar-refractivity contribution in [3.8, 4) is 6.07 Å². The van der Waals surface area contributed by atoms with Gasteiger partial charge in [0.1, 0.15) is 5.76 Å². The monoisotopic (exact) mass is 318 g/mol. The fourth-order valence-electron chi connectivity index (χ4n) is 2.82. The fraction of sp³-hybridized carbons (Fsp3) is 0.105. The SMILES string of the molecule is CO/C(=C1\C(=O)N(C(C)=O)c2ccc(C#N)cc21)c1ccccc1. The first-order chi connectivity index (χ1) is 11.6. The largest absolute Gasteiger partial charge is 0.495 e. The average molecular weight is 318 g/mol. The van der Waals surface area contributed by atoms with Crippen molar-refractivity contribution in [2.75, 3.05) is 12.0 Å². The number of hydrogen-bond donors (Lipinski definition) is 0. The zero-order chi connectivity index (χ0) is 17.3. The molecule has 2 aromatic carbocycles. The molecule has 5 heteroatoms. The van der Waals surface area contributed by atoms with E-state index in [2.05, 4.69) is 6.07 Å². The highest BCUT2D eigenvalue weighted by atomic mass is 16.5. The summed E-state index contributed by atoms with van der Waals surface area (Å²) in [4.78, 5) is 25.9. The van der Waals surface area contributed by atoms with Crippen LogP contribution < -0.4 is 4.90 Å². The summed E-state index contributed by atoms with van der Waals surface area (Å²) in [5.74, 6) is -0.460. The Morgan fingerprint density at radius 3 is 2.46 bits per heavy atom. The second-order valence-corrected chi connectivity index (χ2v) is 5.28. The Labute approximate surface area is 139 Å². The molecule has 0 saturated heterocycles. The Kier molecular flexibility index (Phi) is 3.88. The molecule has 0 unspecified atom stereocenters. The number of benzene rings is 2. The molecule has 3 rings (SSSR count). The predicted octanol–water partition coefficient (Wildman–Crippen LogP) is 2.97. The van der Waals surface area contributed by atoms with Crippen LogP contribution >= 0.6 is 0 Å². The minimum atomic E-state index is -0.451. The van der Waals surface area contributed by atoms with Crippen LogP contribution in [0.25, 0.3) is 11.3 Å². The van der Waals surface area contributed by atoms with Crippen LogP contribution in [-0.4, -0.2) is 18.9 Å². The Balaban J connectivity index is 2.33. The standard InChI is InChI=1S/C19H14N2O3/c1-12(22)21-16-9-8-13(11-20)10-15(16)17(19(21)23)18(24-2)14-6-4-3-5-7-14/h3-10H,1-2H3/b18-17-. The third-order valence-electron chi connectivity index (χ3n) is 3.83. The zero-order valence-corrected chi connectivity index (χ0v) is 13.2. The topological polar surface area (TPSA) is 70.4 Å². The van der Waals surface area contributed by atoms with Gasteiger partial charge in [-0.2, -0.15) is 5.26 Å². The van der Waals surface area contributed by atoms with E-state index in [4.69, 9.17) is 10.00 Å². The Morgan fingerprint density at radius 1 is 1.17 bits per heavy atom. The number of fused-ring (bicyclic) bond motifs is 1. The summed E-state index contributed by atoms with van der Waals surface area (Å²) in [6.07, 6.45) is 0. The van der Waals surface area contributed by atoms with E-state index in [0.29, 0.717) is 22.6 Å². The van der Waals surface area contributed by atoms with Gasteiger partial charge in [-0.05, 0) is 18.2 Å². The molecule has 0 bridgehead atoms. The Bertz CT molecular complexity index is 908. The van der Waals surface area contributed by atoms with Crippen LogP contribution in [-0.2, 0) is 14.3 Å². The second-order valence-electron chi connectivity index (χ2n) is 5.28. The van der Waals surface area contributed by atoms with Gasteiger partial charge in [0, 0.05) is 18.1 Å². The summed E-state index contributed by atoms with van der Waals surface area (Å²) in [6.45, 7) is 1.33. The maximum Gasteiger partial charge on any atom is 0.269 e. The van der Waals surface area contributed by atoms with Crippen LogP contribution in [0.15, 0.2) is 48.5 Å². The highest BCUT2D eigenvalue weighted by Crippen LogP contribution is 2.41. The maximum absolute atomic E-state index is 12.9. The number of hydrogen-bond acceptors (Lipinski definition) is 4. The van der Waals surface area contributed by atoms with Gasteiger partial charge < -0.3 is 4.74 Å². The van der Waals surface area contributed by atoms with E-state index < -0.39 is 5.91 Å². The second kappa shape index (κ2) is 6.01. The Morgan fingerprint density at radius 2 is 1.88 bits per heavy atom. The van der Waals surface area contributed by atoms with E-state index in [9.17, 15) is 9.59 Å². The molecule has 0 aromatic heterocycles. The van der Waals surface area contributed by atoms with E-state index in [-0.39, 0.29) is 11.5 Å². The van der Waals surface area contributed by atoms with Gasteiger partial charge in [0.15, 0.2) is 0 Å². The molecule has 0 atom stereocenters. The summed E-state index contributed by atoms with van der Waals surface area (Å²) >= 11 is 0. The summed E-state index contributed by atoms with van der Waals surface area (Å²) in [5.41, 5.74) is 2.41. The lowest BCUT2D eigenvalue weighted by molar-refractivity contribution is -0.122. The van der Waals surface area contributed by atoms with Crippen molar-refractivity contribution in [1.29, 1.82) is 5.26 Å². The highest BCUT2D eigenvalue weighted by Gasteiger charge is 2.38. The molecule has 0 fully saturated rings. The molecule has 0 aliphatic carbocycles. The minimum Gasteiger partial charge on any atom is -0.495 e. The van der Waals surface area contributed by atoms with Gasteiger partial charge in [-0.15, -0.1) is 0 Å². The molecule has 118 valence electrons. The van der Waals surface area contributed by atoms with E-state index >= 15 is 0 Å². The van der Waals surface area contributed by atoms with Crippen LogP contribution in [0.2, 0.25) is 0 Å². The summed E-state index contributed by atoms with van der Waals surface area (Å²) in [6, 6.07) is 16.0. The first-order valence-corrected chi connectivity index (χ1v) is 7.31. The van der Waals surface area contributed by atoms with Crippen molar-refractivity contribution >= 4 is 28.8 Å². The number of ether oxygens (including phenoxy) is 1. The number of carbonyl (C=O) groups is 2. The number of amides is 2. The van der Waals surface area contributed by atoms with E-state index in [1.165, 1.54) is 14.0 Å². The zero-order valence-electron chi connectivity index (χ0n) is 13.2. The highest BCUT2D eigenvalue weighted by molar-refractivity contribution is 6.42. The van der Waals surface area contributed by atoms with Gasteiger partial charge >= 0.3 is 0 Å². The normalized spacial score (nSPS) is 14.9. The van der Waals surface area contributed by atoms with Crippen molar-refractivity contribution in [1.82, 2.24) is 0 Å². The smallest absolute Gasteiger partial charge is 0.269 e. The molecule has 1 aliphatic rings. The predicted molar refractivity (Wildman–Crippen MR) is 89.6 cm³/mol. The number of nitriles is 1. The van der Waals surface area contributed by atoms with Gasteiger partial charge in [0.25, 0.3) is 5.91 Å². The van der Waals surface area contributed by atoms with E-state index in [1.54, 1.807) is 18.2 Å². The average Bonchev–Trinajstić information content (AvgIpc) is 2.88. The summed E-state index contributed by atoms with van der Waals surface area (Å²) < 4.78 is 5.49. The summed E-state index contributed by atoms with van der Waals surface area (Å²) in [7, 11) is 1.48. The fourth-order valence-corrected chi connectivity index (χ4v) is 2.82. The molecule has 0 radical (unpaired) electrons. The molecule has 2 amide bonds. The molecular weight excluding hydrogens is 304 g/mol. The molecule has 2 aromatic rings. The molecule has 0 N–H and O–H groups in total. The van der Waals surface area contributed by atoms with E-state index in [1.807, 2.05) is 30.3 Å². The molecule has 24 heavy (non-hydrogen) atoms. The summed E-state index contributed by atoms with van der Waals surface area (Å²) in [5, 5.41) is 9.15. The minimum absolute atomic E-state index is 0.283. The molecule has 1 aliphatic heterocycles. The van der Waals surface area contributed by atoms with Crippen molar-refractivity contribution in [2.24, 2.45) is 0 Å². The number of carbonyl (C=O) groups excluding carboxylic acids is 2. The third kappa shape index (κ3) is 2.34. The van der Waals surface area contributed by atoms with Crippen molar-refractivity contribution < 1.29 is 14.3 Å². The van der Waals surface area contributed by atoms with Crippen LogP contribution in [0.1, 0.15) is 23.6 Å². The van der Waals surface area contributed by atoms with Gasteiger partial charge in [-0.1, -0.05) is 30.3 Å². The molecule has 5 nitrogen and oxygen atoms in total. The van der Waals surface area contributed by atoms with Gasteiger partial charge in [-0.3, -0.25) is 9.59 Å². The number of imide groups is 1. The molecular formula is C19H14N2O3.